The van der Waals surface area contributed by atoms with Gasteiger partial charge in [0.05, 0.1) is 0 Å². The summed E-state index contributed by atoms with van der Waals surface area (Å²) in [5.41, 5.74) is 6.73. The fourth-order valence-corrected chi connectivity index (χ4v) is 2.01. The van der Waals surface area contributed by atoms with Crippen LogP contribution in [0.15, 0.2) is 48.8 Å². The molecular weight excluding hydrogens is 285 g/mol. The van der Waals surface area contributed by atoms with E-state index < -0.39 is 17.8 Å². The Bertz CT molecular complexity index is 644. The summed E-state index contributed by atoms with van der Waals surface area (Å²) in [5, 5.41) is 2.57. The molecule has 0 saturated heterocycles. The summed E-state index contributed by atoms with van der Waals surface area (Å²) in [4.78, 5) is 27.4. The number of nitrogens with one attached hydrogen (secondary N) is 1. The zero-order chi connectivity index (χ0) is 15.9. The molecule has 2 rings (SSSR count). The molecule has 0 aliphatic carbocycles. The normalized spacial score (nSPS) is 11.7. The number of carbonyl (C=O) groups excluding carboxylic acids is 2. The summed E-state index contributed by atoms with van der Waals surface area (Å²) < 4.78 is 12.9. The number of amides is 2. The molecule has 0 spiro atoms. The van der Waals surface area contributed by atoms with Crippen LogP contribution in [0.3, 0.4) is 0 Å². The highest BCUT2D eigenvalue weighted by molar-refractivity contribution is 5.87. The van der Waals surface area contributed by atoms with Crippen molar-refractivity contribution in [1.82, 2.24) is 10.3 Å². The Morgan fingerprint density at radius 2 is 1.77 bits per heavy atom. The maximum Gasteiger partial charge on any atom is 0.244 e. The molecule has 3 N–H and O–H groups in total. The molecule has 1 heterocycles. The second kappa shape index (κ2) is 7.31. The zero-order valence-electron chi connectivity index (χ0n) is 11.8. The molecule has 6 heteroatoms. The first-order chi connectivity index (χ1) is 10.6. The summed E-state index contributed by atoms with van der Waals surface area (Å²) in [7, 11) is 0. The maximum atomic E-state index is 12.9. The largest absolute Gasteiger partial charge is 0.368 e. The van der Waals surface area contributed by atoms with Gasteiger partial charge >= 0.3 is 0 Å². The minimum absolute atomic E-state index is 0.217. The van der Waals surface area contributed by atoms with Gasteiger partial charge in [-0.05, 0) is 41.8 Å². The fourth-order valence-electron chi connectivity index (χ4n) is 2.01. The summed E-state index contributed by atoms with van der Waals surface area (Å²) >= 11 is 0. The molecule has 0 unspecified atom stereocenters. The molecule has 5 nitrogen and oxygen atoms in total. The average Bonchev–Trinajstić information content (AvgIpc) is 2.52. The number of nitrogens with two attached hydrogens (primary N) is 1. The summed E-state index contributed by atoms with van der Waals surface area (Å²) in [6.07, 6.45) is 4.05. The lowest BCUT2D eigenvalue weighted by Gasteiger charge is -2.16. The van der Waals surface area contributed by atoms with Crippen LogP contribution in [-0.2, 0) is 16.0 Å². The predicted octanol–water partition coefficient (Wildman–Crippen LogP) is 1.50. The molecule has 0 aliphatic rings. The van der Waals surface area contributed by atoms with Crippen molar-refractivity contribution in [2.45, 2.75) is 18.9 Å². The van der Waals surface area contributed by atoms with Crippen molar-refractivity contribution in [2.24, 2.45) is 5.73 Å². The Balaban J connectivity index is 1.97. The van der Waals surface area contributed by atoms with Crippen molar-refractivity contribution in [2.75, 3.05) is 0 Å². The van der Waals surface area contributed by atoms with Gasteiger partial charge in [0.2, 0.25) is 11.8 Å². The van der Waals surface area contributed by atoms with Crippen molar-refractivity contribution in [1.29, 1.82) is 0 Å². The van der Waals surface area contributed by atoms with Crippen LogP contribution in [0.2, 0.25) is 0 Å². The van der Waals surface area contributed by atoms with Crippen LogP contribution in [0.5, 0.6) is 0 Å². The van der Waals surface area contributed by atoms with Crippen LogP contribution >= 0.6 is 0 Å². The minimum atomic E-state index is -0.967. The number of primary amides is 1. The molecule has 0 bridgehead atoms. The minimum Gasteiger partial charge on any atom is -0.368 e. The Morgan fingerprint density at radius 3 is 2.36 bits per heavy atom. The highest BCUT2D eigenvalue weighted by Crippen LogP contribution is 2.14. The lowest BCUT2D eigenvalue weighted by atomic mass is 10.1. The SMILES string of the molecule is NC(=O)[C@H](NC(=O)CCc1ccncc1)c1ccc(F)cc1. The van der Waals surface area contributed by atoms with Gasteiger partial charge in [-0.25, -0.2) is 4.39 Å². The van der Waals surface area contributed by atoms with E-state index in [2.05, 4.69) is 10.3 Å². The number of pyridine rings is 1. The van der Waals surface area contributed by atoms with Crippen molar-refractivity contribution < 1.29 is 14.0 Å². The van der Waals surface area contributed by atoms with Crippen LogP contribution in [0, 0.1) is 5.82 Å². The van der Waals surface area contributed by atoms with E-state index in [4.69, 9.17) is 5.73 Å². The topological polar surface area (TPSA) is 85.1 Å². The second-order valence-electron chi connectivity index (χ2n) is 4.81. The van der Waals surface area contributed by atoms with Crippen LogP contribution in [-0.4, -0.2) is 16.8 Å². The van der Waals surface area contributed by atoms with E-state index in [0.717, 1.165) is 5.56 Å². The number of carbonyl (C=O) groups is 2. The van der Waals surface area contributed by atoms with Gasteiger partial charge in [0, 0.05) is 18.8 Å². The Kier molecular flexibility index (Phi) is 5.19. The second-order valence-corrected chi connectivity index (χ2v) is 4.81. The van der Waals surface area contributed by atoms with Crippen molar-refractivity contribution >= 4 is 11.8 Å². The average molecular weight is 301 g/mol. The van der Waals surface area contributed by atoms with Crippen LogP contribution < -0.4 is 11.1 Å². The van der Waals surface area contributed by atoms with E-state index in [1.807, 2.05) is 12.1 Å². The van der Waals surface area contributed by atoms with E-state index in [1.165, 1.54) is 24.3 Å². The van der Waals surface area contributed by atoms with E-state index in [1.54, 1.807) is 12.4 Å². The third-order valence-corrected chi connectivity index (χ3v) is 3.18. The Hall–Kier alpha value is -2.76. The molecule has 2 amide bonds. The molecule has 0 saturated carbocycles. The zero-order valence-corrected chi connectivity index (χ0v) is 11.8. The molecule has 1 atom stereocenters. The van der Waals surface area contributed by atoms with Gasteiger partial charge in [0.15, 0.2) is 0 Å². The van der Waals surface area contributed by atoms with Gasteiger partial charge < -0.3 is 11.1 Å². The van der Waals surface area contributed by atoms with Gasteiger partial charge in [-0.3, -0.25) is 14.6 Å². The number of halogens is 1. The lowest BCUT2D eigenvalue weighted by Crippen LogP contribution is -2.37. The Morgan fingerprint density at radius 1 is 1.14 bits per heavy atom. The first-order valence-electron chi connectivity index (χ1n) is 6.79. The highest BCUT2D eigenvalue weighted by Gasteiger charge is 2.20. The van der Waals surface area contributed by atoms with E-state index >= 15 is 0 Å². The molecular formula is C16H16FN3O2. The monoisotopic (exact) mass is 301 g/mol. The molecule has 0 fully saturated rings. The number of benzene rings is 1. The predicted molar refractivity (Wildman–Crippen MR) is 79.0 cm³/mol. The highest BCUT2D eigenvalue weighted by atomic mass is 19.1. The van der Waals surface area contributed by atoms with Gasteiger partial charge in [-0.1, -0.05) is 12.1 Å². The third-order valence-electron chi connectivity index (χ3n) is 3.18. The summed E-state index contributed by atoms with van der Waals surface area (Å²) in [6, 6.07) is 7.95. The summed E-state index contributed by atoms with van der Waals surface area (Å²) in [6.45, 7) is 0. The molecule has 1 aromatic heterocycles. The van der Waals surface area contributed by atoms with E-state index in [9.17, 15) is 14.0 Å². The summed E-state index contributed by atoms with van der Waals surface area (Å²) in [5.74, 6) is -1.41. The molecule has 1 aromatic carbocycles. The smallest absolute Gasteiger partial charge is 0.244 e. The molecule has 22 heavy (non-hydrogen) atoms. The molecule has 114 valence electrons. The molecule has 2 aromatic rings. The van der Waals surface area contributed by atoms with Crippen molar-refractivity contribution in [3.8, 4) is 0 Å². The van der Waals surface area contributed by atoms with Gasteiger partial charge in [-0.15, -0.1) is 0 Å². The molecule has 0 radical (unpaired) electrons. The van der Waals surface area contributed by atoms with Crippen LogP contribution in [0.1, 0.15) is 23.6 Å². The number of rotatable bonds is 6. The van der Waals surface area contributed by atoms with Crippen LogP contribution in [0.25, 0.3) is 0 Å². The lowest BCUT2D eigenvalue weighted by molar-refractivity contribution is -0.127. The standard InChI is InChI=1S/C16H16FN3O2/c17-13-4-2-12(3-5-13)15(16(18)22)20-14(21)6-1-11-7-9-19-10-8-11/h2-5,7-10,15H,1,6H2,(H2,18,22)(H,20,21)/t15-/m1/s1. The fraction of sp³-hybridized carbons (Fsp3) is 0.188. The first-order valence-corrected chi connectivity index (χ1v) is 6.79. The van der Waals surface area contributed by atoms with E-state index in [0.29, 0.717) is 12.0 Å². The number of hydrogen-bond acceptors (Lipinski definition) is 3. The molecule has 0 aliphatic heterocycles. The number of hydrogen-bond donors (Lipinski definition) is 2. The van der Waals surface area contributed by atoms with Crippen molar-refractivity contribution in [3.05, 3.63) is 65.7 Å². The third kappa shape index (κ3) is 4.37. The van der Waals surface area contributed by atoms with E-state index in [-0.39, 0.29) is 12.3 Å². The van der Waals surface area contributed by atoms with Crippen molar-refractivity contribution in [3.63, 3.8) is 0 Å². The Labute approximate surface area is 127 Å². The number of nitrogens with zero attached hydrogens (tertiary/aromatic N) is 1. The number of aryl methyl sites for hydroxylation is 1. The quantitative estimate of drug-likeness (QED) is 0.848. The van der Waals surface area contributed by atoms with Gasteiger partial charge in [0.25, 0.3) is 0 Å². The number of aromatic nitrogens is 1. The maximum absolute atomic E-state index is 12.9. The first kappa shape index (κ1) is 15.6. The van der Waals surface area contributed by atoms with Gasteiger partial charge in [0.1, 0.15) is 11.9 Å². The van der Waals surface area contributed by atoms with Crippen LogP contribution in [0.4, 0.5) is 4.39 Å². The van der Waals surface area contributed by atoms with Gasteiger partial charge in [-0.2, -0.15) is 0 Å².